The third kappa shape index (κ3) is 4.42. The molecule has 1 amide bonds. The highest BCUT2D eigenvalue weighted by atomic mass is 79.9. The van der Waals surface area contributed by atoms with Gasteiger partial charge in [-0.25, -0.2) is 19.1 Å². The number of hydrogen-bond acceptors (Lipinski definition) is 5. The fourth-order valence-electron chi connectivity index (χ4n) is 3.01. The third-order valence-corrected chi connectivity index (χ3v) is 4.62. The molecule has 0 aliphatic carbocycles. The highest BCUT2D eigenvalue weighted by Crippen LogP contribution is 2.26. The molecule has 12 heteroatoms. The molecule has 0 radical (unpaired) electrons. The van der Waals surface area contributed by atoms with Crippen LogP contribution in [0.15, 0.2) is 29.0 Å². The van der Waals surface area contributed by atoms with Crippen LogP contribution in [0.1, 0.15) is 23.2 Å². The number of ether oxygens (including phenoxy) is 1. The average Bonchev–Trinajstić information content (AvgIpc) is 2.91. The maximum atomic E-state index is 12.5. The number of nitrogens with two attached hydrogens (primary N) is 1. The molecule has 0 unspecified atom stereocenters. The molecule has 0 atom stereocenters. The molecule has 29 heavy (non-hydrogen) atoms. The van der Waals surface area contributed by atoms with Crippen molar-refractivity contribution in [3.05, 3.63) is 40.5 Å². The number of aryl methyl sites for hydroxylation is 2. The molecular weight excluding hydrogens is 457 g/mol. The number of hydrogen-bond donors (Lipinski definition) is 2. The van der Waals surface area contributed by atoms with Gasteiger partial charge in [0.1, 0.15) is 16.9 Å². The predicted molar refractivity (Wildman–Crippen MR) is 101 cm³/mol. The van der Waals surface area contributed by atoms with E-state index in [0.717, 1.165) is 0 Å². The Balaban J connectivity index is 1.91. The van der Waals surface area contributed by atoms with Crippen molar-refractivity contribution in [2.75, 3.05) is 5.73 Å². The minimum atomic E-state index is -4.78. The Morgan fingerprint density at radius 3 is 2.79 bits per heavy atom. The lowest BCUT2D eigenvalue weighted by Crippen LogP contribution is -2.38. The molecule has 8 nitrogen and oxygen atoms in total. The topological polar surface area (TPSA) is 98.9 Å². The summed E-state index contributed by atoms with van der Waals surface area (Å²) in [6, 6.07) is 4.09. The van der Waals surface area contributed by atoms with Crippen molar-refractivity contribution >= 4 is 38.7 Å². The number of nitrogens with one attached hydrogen (secondary N) is 1. The minimum Gasteiger partial charge on any atom is -0.406 e. The smallest absolute Gasteiger partial charge is 0.406 e. The zero-order chi connectivity index (χ0) is 21.3. The molecule has 154 valence electrons. The van der Waals surface area contributed by atoms with Crippen molar-refractivity contribution in [3.63, 3.8) is 0 Å². The first kappa shape index (κ1) is 20.8. The fraction of sp³-hybridized carbons (Fsp3) is 0.294. The van der Waals surface area contributed by atoms with Gasteiger partial charge in [-0.3, -0.25) is 4.79 Å². The Hall–Kier alpha value is -2.89. The van der Waals surface area contributed by atoms with Crippen molar-refractivity contribution in [1.82, 2.24) is 19.9 Å². The molecule has 0 saturated carbocycles. The van der Waals surface area contributed by atoms with E-state index in [-0.39, 0.29) is 23.8 Å². The molecular formula is C17H17BrF3N6O2+. The number of carbonyl (C=O) groups excluding carboxylic acids is 1. The zero-order valence-corrected chi connectivity index (χ0v) is 17.0. The molecule has 2 aromatic heterocycles. The van der Waals surface area contributed by atoms with Gasteiger partial charge in [-0.2, -0.15) is 0 Å². The number of amides is 1. The maximum absolute atomic E-state index is 12.5. The van der Waals surface area contributed by atoms with Crippen molar-refractivity contribution in [3.8, 4) is 5.75 Å². The van der Waals surface area contributed by atoms with Gasteiger partial charge in [0.15, 0.2) is 22.5 Å². The van der Waals surface area contributed by atoms with E-state index in [4.69, 9.17) is 5.73 Å². The normalized spacial score (nSPS) is 11.7. The maximum Gasteiger partial charge on any atom is 0.573 e. The van der Waals surface area contributed by atoms with Crippen LogP contribution in [0.2, 0.25) is 0 Å². The Morgan fingerprint density at radius 2 is 2.14 bits per heavy atom. The molecule has 0 saturated heterocycles. The van der Waals surface area contributed by atoms with Crippen LogP contribution in [0.4, 0.5) is 19.0 Å². The molecule has 3 aromatic rings. The van der Waals surface area contributed by atoms with Crippen LogP contribution in [0.25, 0.3) is 11.0 Å². The largest absolute Gasteiger partial charge is 0.573 e. The van der Waals surface area contributed by atoms with E-state index in [2.05, 4.69) is 36.0 Å². The van der Waals surface area contributed by atoms with Crippen molar-refractivity contribution in [2.45, 2.75) is 26.4 Å². The number of anilines is 1. The molecule has 2 heterocycles. The summed E-state index contributed by atoms with van der Waals surface area (Å²) in [7, 11) is 1.76. The van der Waals surface area contributed by atoms with Gasteiger partial charge >= 0.3 is 6.36 Å². The second-order valence-corrected chi connectivity index (χ2v) is 6.84. The summed E-state index contributed by atoms with van der Waals surface area (Å²) < 4.78 is 45.5. The summed E-state index contributed by atoms with van der Waals surface area (Å²) in [6.07, 6.45) is -3.40. The van der Waals surface area contributed by atoms with E-state index in [1.807, 2.05) is 6.92 Å². The number of aromatic nitrogens is 4. The molecule has 0 aliphatic heterocycles. The summed E-state index contributed by atoms with van der Waals surface area (Å²) in [5.41, 5.74) is 6.91. The number of benzene rings is 1. The van der Waals surface area contributed by atoms with E-state index in [1.165, 1.54) is 24.4 Å². The van der Waals surface area contributed by atoms with Gasteiger partial charge in [-0.15, -0.1) is 13.2 Å². The van der Waals surface area contributed by atoms with Crippen LogP contribution in [-0.4, -0.2) is 26.8 Å². The van der Waals surface area contributed by atoms with E-state index in [1.54, 1.807) is 16.2 Å². The van der Waals surface area contributed by atoms with E-state index in [9.17, 15) is 18.0 Å². The predicted octanol–water partition coefficient (Wildman–Crippen LogP) is 2.45. The number of nitrogens with zero attached hydrogens (tertiary/aromatic N) is 4. The van der Waals surface area contributed by atoms with E-state index in [0.29, 0.717) is 28.0 Å². The molecule has 0 fully saturated rings. The lowest BCUT2D eigenvalue weighted by molar-refractivity contribution is -0.654. The highest BCUT2D eigenvalue weighted by Gasteiger charge is 2.32. The van der Waals surface area contributed by atoms with Gasteiger partial charge in [0.2, 0.25) is 0 Å². The monoisotopic (exact) mass is 473 g/mol. The summed E-state index contributed by atoms with van der Waals surface area (Å²) in [5.74, 6) is -0.183. The first-order chi connectivity index (χ1) is 13.6. The Morgan fingerprint density at radius 1 is 1.41 bits per heavy atom. The molecule has 1 aromatic carbocycles. The summed E-state index contributed by atoms with van der Waals surface area (Å²) in [5, 5.41) is 2.72. The first-order valence-corrected chi connectivity index (χ1v) is 9.23. The van der Waals surface area contributed by atoms with E-state index >= 15 is 0 Å². The van der Waals surface area contributed by atoms with Crippen molar-refractivity contribution in [2.24, 2.45) is 7.05 Å². The SMILES string of the molecule is CCn1c(CNC(=O)c2nc(Br)cnc2N)[n+](C)c2ccc(OC(F)(F)F)cc21. The first-order valence-electron chi connectivity index (χ1n) is 8.43. The van der Waals surface area contributed by atoms with Gasteiger partial charge in [0.25, 0.3) is 11.7 Å². The lowest BCUT2D eigenvalue weighted by Gasteiger charge is -2.08. The lowest BCUT2D eigenvalue weighted by atomic mass is 10.3. The number of rotatable bonds is 5. The molecule has 3 N–H and O–H groups in total. The summed E-state index contributed by atoms with van der Waals surface area (Å²) in [4.78, 5) is 20.3. The number of nitrogen functional groups attached to an aromatic ring is 1. The zero-order valence-electron chi connectivity index (χ0n) is 15.4. The molecule has 0 bridgehead atoms. The van der Waals surface area contributed by atoms with Crippen LogP contribution < -0.4 is 20.4 Å². The molecule has 0 aliphatic rings. The Labute approximate surface area is 171 Å². The average molecular weight is 474 g/mol. The number of fused-ring (bicyclic) bond motifs is 1. The fourth-order valence-corrected chi connectivity index (χ4v) is 3.29. The summed E-state index contributed by atoms with van der Waals surface area (Å²) >= 11 is 3.14. The molecule has 3 rings (SSSR count). The van der Waals surface area contributed by atoms with Crippen LogP contribution in [-0.2, 0) is 20.1 Å². The van der Waals surface area contributed by atoms with Crippen LogP contribution in [0.3, 0.4) is 0 Å². The Kier molecular flexibility index (Phi) is 5.64. The standard InChI is InChI=1S/C17H16BrF3N6O2/c1-3-27-11-6-9(29-17(19,20)21)4-5-10(11)26(2)13(27)8-24-16(28)14-15(22)23-7-12(18)25-14/h4-7H,3,8H2,1-2H3,(H2-,22,23,24,28)/p+1. The van der Waals surface area contributed by atoms with Gasteiger partial charge in [-0.1, -0.05) is 0 Å². The van der Waals surface area contributed by atoms with Crippen molar-refractivity contribution < 1.29 is 27.3 Å². The third-order valence-electron chi connectivity index (χ3n) is 4.24. The second kappa shape index (κ2) is 7.85. The van der Waals surface area contributed by atoms with Crippen molar-refractivity contribution in [1.29, 1.82) is 0 Å². The van der Waals surface area contributed by atoms with Crippen LogP contribution in [0.5, 0.6) is 5.75 Å². The van der Waals surface area contributed by atoms with Gasteiger partial charge in [0, 0.05) is 6.07 Å². The second-order valence-electron chi connectivity index (χ2n) is 6.03. The Bertz CT molecular complexity index is 1080. The number of carbonyl (C=O) groups is 1. The number of alkyl halides is 3. The molecule has 0 spiro atoms. The van der Waals surface area contributed by atoms with Gasteiger partial charge in [0.05, 0.1) is 19.8 Å². The minimum absolute atomic E-state index is 0.0138. The van der Waals surface area contributed by atoms with Crippen LogP contribution >= 0.6 is 15.9 Å². The highest BCUT2D eigenvalue weighted by molar-refractivity contribution is 9.10. The number of imidazole rings is 1. The van der Waals surface area contributed by atoms with E-state index < -0.39 is 12.3 Å². The van der Waals surface area contributed by atoms with Gasteiger partial charge < -0.3 is 15.8 Å². The van der Waals surface area contributed by atoms with Gasteiger partial charge in [-0.05, 0) is 35.0 Å². The number of halogens is 4. The summed E-state index contributed by atoms with van der Waals surface area (Å²) in [6.45, 7) is 2.41. The van der Waals surface area contributed by atoms with Crippen LogP contribution in [0, 0.1) is 0 Å². The quantitative estimate of drug-likeness (QED) is 0.554.